The average Bonchev–Trinajstić information content (AvgIpc) is 2.37. The zero-order valence-electron chi connectivity index (χ0n) is 11.0. The Bertz CT molecular complexity index is 508. The summed E-state index contributed by atoms with van der Waals surface area (Å²) in [6.07, 6.45) is 0.442. The highest BCUT2D eigenvalue weighted by Gasteiger charge is 2.23. The van der Waals surface area contributed by atoms with Crippen molar-refractivity contribution >= 4 is 10.1 Å². The summed E-state index contributed by atoms with van der Waals surface area (Å²) in [5, 5.41) is 0. The van der Waals surface area contributed by atoms with E-state index < -0.39 is 10.1 Å². The lowest BCUT2D eigenvalue weighted by Gasteiger charge is -2.27. The maximum absolute atomic E-state index is 12.0. The molecule has 1 aliphatic heterocycles. The summed E-state index contributed by atoms with van der Waals surface area (Å²) in [5.41, 5.74) is 1.00. The quantitative estimate of drug-likeness (QED) is 0.790. The summed E-state index contributed by atoms with van der Waals surface area (Å²) in [6, 6.07) is 6.56. The Balaban J connectivity index is 1.96. The molecule has 6 heteroatoms. The van der Waals surface area contributed by atoms with Crippen LogP contribution in [0.4, 0.5) is 0 Å². The van der Waals surface area contributed by atoms with Crippen LogP contribution < -0.4 is 0 Å². The normalized spacial score (nSPS) is 24.3. The van der Waals surface area contributed by atoms with Gasteiger partial charge in [-0.1, -0.05) is 17.7 Å². The van der Waals surface area contributed by atoms with Gasteiger partial charge in [-0.05, 0) is 26.0 Å². The molecule has 0 amide bonds. The number of rotatable bonds is 4. The number of hydrogen-bond donors (Lipinski definition) is 0. The highest BCUT2D eigenvalue weighted by molar-refractivity contribution is 7.86. The topological polar surface area (TPSA) is 61.8 Å². The molecule has 1 aromatic rings. The van der Waals surface area contributed by atoms with Crippen LogP contribution in [0.1, 0.15) is 18.9 Å². The third-order valence-electron chi connectivity index (χ3n) is 2.97. The van der Waals surface area contributed by atoms with E-state index in [0.29, 0.717) is 6.42 Å². The summed E-state index contributed by atoms with van der Waals surface area (Å²) in [4.78, 5) is 0.165. The molecule has 2 atom stereocenters. The van der Waals surface area contributed by atoms with Crippen LogP contribution in [-0.4, -0.2) is 34.0 Å². The van der Waals surface area contributed by atoms with Crippen molar-refractivity contribution < 1.29 is 22.1 Å². The van der Waals surface area contributed by atoms with E-state index in [1.54, 1.807) is 12.1 Å². The van der Waals surface area contributed by atoms with Gasteiger partial charge in [0.2, 0.25) is 0 Å². The van der Waals surface area contributed by atoms with Crippen LogP contribution in [0.3, 0.4) is 0 Å². The molecule has 1 aliphatic rings. The molecule has 0 aromatic heterocycles. The fraction of sp³-hybridized carbons (Fsp3) is 0.538. The van der Waals surface area contributed by atoms with Crippen molar-refractivity contribution in [1.82, 2.24) is 0 Å². The van der Waals surface area contributed by atoms with E-state index in [1.165, 1.54) is 12.1 Å². The van der Waals surface area contributed by atoms with E-state index in [0.717, 1.165) is 5.56 Å². The Morgan fingerprint density at radius 2 is 1.95 bits per heavy atom. The van der Waals surface area contributed by atoms with Crippen LogP contribution >= 0.6 is 0 Å². The van der Waals surface area contributed by atoms with Crippen molar-refractivity contribution in [2.45, 2.75) is 37.4 Å². The van der Waals surface area contributed by atoms with Gasteiger partial charge in [0.05, 0.1) is 23.7 Å². The van der Waals surface area contributed by atoms with Crippen LogP contribution in [0, 0.1) is 6.92 Å². The van der Waals surface area contributed by atoms with E-state index in [4.69, 9.17) is 13.7 Å². The molecule has 0 bridgehead atoms. The van der Waals surface area contributed by atoms with Crippen LogP contribution in [0.5, 0.6) is 0 Å². The molecule has 0 spiro atoms. The summed E-state index contributed by atoms with van der Waals surface area (Å²) in [6.45, 7) is 4.02. The molecular formula is C13H18O5S. The Hall–Kier alpha value is -0.950. The van der Waals surface area contributed by atoms with E-state index in [9.17, 15) is 8.42 Å². The van der Waals surface area contributed by atoms with Gasteiger partial charge in [0.1, 0.15) is 6.79 Å². The smallest absolute Gasteiger partial charge is 0.297 e. The molecule has 5 nitrogen and oxygen atoms in total. The first-order valence-corrected chi connectivity index (χ1v) is 7.57. The first-order valence-electron chi connectivity index (χ1n) is 6.17. The molecule has 0 saturated carbocycles. The molecule has 1 saturated heterocycles. The molecule has 1 heterocycles. The third kappa shape index (κ3) is 4.01. The van der Waals surface area contributed by atoms with Crippen molar-refractivity contribution in [3.63, 3.8) is 0 Å². The predicted octanol–water partition coefficient (Wildman–Crippen LogP) is 1.85. The zero-order chi connectivity index (χ0) is 13.9. The minimum absolute atomic E-state index is 0.0178. The second kappa shape index (κ2) is 6.00. The van der Waals surface area contributed by atoms with E-state index in [1.807, 2.05) is 13.8 Å². The highest BCUT2D eigenvalue weighted by atomic mass is 32.2. The van der Waals surface area contributed by atoms with Gasteiger partial charge < -0.3 is 9.47 Å². The number of ether oxygens (including phenoxy) is 2. The molecule has 106 valence electrons. The van der Waals surface area contributed by atoms with E-state index >= 15 is 0 Å². The van der Waals surface area contributed by atoms with Crippen molar-refractivity contribution in [3.8, 4) is 0 Å². The van der Waals surface area contributed by atoms with Gasteiger partial charge in [0.15, 0.2) is 0 Å². The Labute approximate surface area is 113 Å². The molecular weight excluding hydrogens is 268 g/mol. The van der Waals surface area contributed by atoms with Crippen LogP contribution in [0.25, 0.3) is 0 Å². The molecule has 2 rings (SSSR count). The highest BCUT2D eigenvalue weighted by Crippen LogP contribution is 2.17. The van der Waals surface area contributed by atoms with Gasteiger partial charge in [-0.15, -0.1) is 0 Å². The number of benzene rings is 1. The van der Waals surface area contributed by atoms with Crippen LogP contribution in [-0.2, 0) is 23.8 Å². The second-order valence-corrected chi connectivity index (χ2v) is 6.29. The Morgan fingerprint density at radius 1 is 1.26 bits per heavy atom. The van der Waals surface area contributed by atoms with Gasteiger partial charge in [-0.3, -0.25) is 4.18 Å². The lowest BCUT2D eigenvalue weighted by atomic mass is 10.2. The van der Waals surface area contributed by atoms with Crippen molar-refractivity contribution in [2.24, 2.45) is 0 Å². The number of hydrogen-bond acceptors (Lipinski definition) is 5. The van der Waals surface area contributed by atoms with E-state index in [2.05, 4.69) is 0 Å². The first kappa shape index (κ1) is 14.5. The molecule has 1 aromatic carbocycles. The lowest BCUT2D eigenvalue weighted by Crippen LogP contribution is -2.33. The largest absolute Gasteiger partial charge is 0.352 e. The van der Waals surface area contributed by atoms with Gasteiger partial charge in [0, 0.05) is 6.42 Å². The van der Waals surface area contributed by atoms with Crippen molar-refractivity contribution in [1.29, 1.82) is 0 Å². The maximum Gasteiger partial charge on any atom is 0.297 e. The summed E-state index contributed by atoms with van der Waals surface area (Å²) in [7, 11) is -3.71. The molecule has 0 radical (unpaired) electrons. The molecule has 1 fully saturated rings. The minimum atomic E-state index is -3.71. The van der Waals surface area contributed by atoms with Gasteiger partial charge in [0.25, 0.3) is 10.1 Å². The van der Waals surface area contributed by atoms with Gasteiger partial charge in [-0.25, -0.2) is 0 Å². The molecule has 0 N–H and O–H groups in total. The van der Waals surface area contributed by atoms with Crippen LogP contribution in [0.15, 0.2) is 29.2 Å². The van der Waals surface area contributed by atoms with Crippen molar-refractivity contribution in [3.05, 3.63) is 29.8 Å². The molecule has 2 unspecified atom stereocenters. The second-order valence-electron chi connectivity index (χ2n) is 4.67. The first-order chi connectivity index (χ1) is 8.97. The standard InChI is InChI=1S/C13H18O5S/c1-10-3-5-13(6-4-10)19(14,15)18-8-12-7-11(2)16-9-17-12/h3-6,11-12H,7-9H2,1-2H3. The monoisotopic (exact) mass is 286 g/mol. The SMILES string of the molecule is Cc1ccc(S(=O)(=O)OCC2CC(C)OCO2)cc1. The lowest BCUT2D eigenvalue weighted by molar-refractivity contribution is -0.176. The fourth-order valence-electron chi connectivity index (χ4n) is 1.81. The summed E-state index contributed by atoms with van der Waals surface area (Å²) >= 11 is 0. The fourth-order valence-corrected chi connectivity index (χ4v) is 2.75. The maximum atomic E-state index is 12.0. The third-order valence-corrected chi connectivity index (χ3v) is 4.27. The van der Waals surface area contributed by atoms with Crippen molar-refractivity contribution in [2.75, 3.05) is 13.4 Å². The Morgan fingerprint density at radius 3 is 2.58 bits per heavy atom. The molecule has 0 aliphatic carbocycles. The van der Waals surface area contributed by atoms with Gasteiger partial charge in [-0.2, -0.15) is 8.42 Å². The summed E-state index contributed by atoms with van der Waals surface area (Å²) < 4.78 is 39.4. The summed E-state index contributed by atoms with van der Waals surface area (Å²) in [5.74, 6) is 0. The Kier molecular flexibility index (Phi) is 4.57. The zero-order valence-corrected chi connectivity index (χ0v) is 11.9. The minimum Gasteiger partial charge on any atom is -0.352 e. The number of aryl methyl sites for hydroxylation is 1. The van der Waals surface area contributed by atoms with E-state index in [-0.39, 0.29) is 30.5 Å². The van der Waals surface area contributed by atoms with Crippen LogP contribution in [0.2, 0.25) is 0 Å². The average molecular weight is 286 g/mol. The van der Waals surface area contributed by atoms with Gasteiger partial charge >= 0.3 is 0 Å². The molecule has 19 heavy (non-hydrogen) atoms. The predicted molar refractivity (Wildman–Crippen MR) is 69.2 cm³/mol.